The zero-order valence-corrected chi connectivity index (χ0v) is 23.6. The lowest BCUT2D eigenvalue weighted by atomic mass is 9.78. The van der Waals surface area contributed by atoms with Gasteiger partial charge in [0, 0.05) is 21.9 Å². The van der Waals surface area contributed by atoms with Gasteiger partial charge in [-0.3, -0.25) is 0 Å². The largest absolute Gasteiger partial charge is 0.289 e. The van der Waals surface area contributed by atoms with Crippen molar-refractivity contribution >= 4 is 27.9 Å². The maximum Gasteiger partial charge on any atom is 0.289 e. The van der Waals surface area contributed by atoms with E-state index in [2.05, 4.69) is 151 Å². The van der Waals surface area contributed by atoms with Gasteiger partial charge in [-0.05, 0) is 58.7 Å². The normalized spacial score (nSPS) is 18.6. The Morgan fingerprint density at radius 3 is 2.17 bits per heavy atom. The van der Waals surface area contributed by atoms with Crippen molar-refractivity contribution in [3.63, 3.8) is 0 Å². The van der Waals surface area contributed by atoms with Crippen molar-refractivity contribution in [3.05, 3.63) is 155 Å². The van der Waals surface area contributed by atoms with E-state index in [-0.39, 0.29) is 11.6 Å². The third-order valence-electron chi connectivity index (χ3n) is 9.28. The average molecular weight is 530 g/mol. The van der Waals surface area contributed by atoms with E-state index < -0.39 is 0 Å². The summed E-state index contributed by atoms with van der Waals surface area (Å²) in [7, 11) is 0. The van der Waals surface area contributed by atoms with Crippen molar-refractivity contribution in [1.82, 2.24) is 5.32 Å². The SMILES string of the molecule is CC1(C)C2=C(C=CCC2)c2c1cc1ccccc1c2[N+]1=C(c2ccc(-c3ccccc3)cc2)NC1c1ccccc1. The van der Waals surface area contributed by atoms with Gasteiger partial charge >= 0.3 is 0 Å². The van der Waals surface area contributed by atoms with E-state index in [0.717, 1.165) is 18.7 Å². The van der Waals surface area contributed by atoms with Gasteiger partial charge in [-0.2, -0.15) is 4.58 Å². The number of allylic oxidation sites excluding steroid dienone is 4. The Kier molecular flexibility index (Phi) is 5.40. The molecule has 5 aromatic carbocycles. The van der Waals surface area contributed by atoms with E-state index in [4.69, 9.17) is 0 Å². The molecule has 0 saturated carbocycles. The summed E-state index contributed by atoms with van der Waals surface area (Å²) in [4.78, 5) is 0. The molecule has 0 aromatic heterocycles. The molecule has 41 heavy (non-hydrogen) atoms. The lowest BCUT2D eigenvalue weighted by Crippen LogP contribution is -2.51. The number of hydrogen-bond acceptors (Lipinski definition) is 1. The summed E-state index contributed by atoms with van der Waals surface area (Å²) in [5.74, 6) is 1.16. The van der Waals surface area contributed by atoms with Gasteiger partial charge in [0.05, 0.1) is 5.56 Å². The Labute approximate surface area is 242 Å². The monoisotopic (exact) mass is 529 g/mol. The third kappa shape index (κ3) is 3.67. The molecule has 1 aliphatic heterocycles. The molecule has 1 heterocycles. The zero-order chi connectivity index (χ0) is 27.6. The standard InChI is InChI=1S/C39H32N2/c1-39(2)33-20-12-11-19-32(33)35-34(39)25-30-17-9-10-18-31(30)36(35)41-37(28-15-7-4-8-16-28)40-38(41)29-23-21-27(22-24-29)26-13-5-3-6-14-26/h3-11,13-19,21-25,37H,12,20H2,1-2H3/p+1. The van der Waals surface area contributed by atoms with E-state index in [1.54, 1.807) is 5.57 Å². The topological polar surface area (TPSA) is 15.0 Å². The number of amidine groups is 1. The molecule has 0 spiro atoms. The molecule has 1 unspecified atom stereocenters. The molecule has 3 aliphatic rings. The molecule has 5 aromatic rings. The van der Waals surface area contributed by atoms with Crippen LogP contribution in [0.5, 0.6) is 0 Å². The van der Waals surface area contributed by atoms with Gasteiger partial charge in [-0.15, -0.1) is 0 Å². The van der Waals surface area contributed by atoms with Crippen LogP contribution < -0.4 is 5.32 Å². The molecule has 0 radical (unpaired) electrons. The van der Waals surface area contributed by atoms with Crippen LogP contribution in [0.1, 0.15) is 55.1 Å². The molecule has 8 rings (SSSR count). The van der Waals surface area contributed by atoms with E-state index >= 15 is 0 Å². The van der Waals surface area contributed by atoms with E-state index in [1.165, 1.54) is 55.4 Å². The van der Waals surface area contributed by atoms with Gasteiger partial charge in [0.2, 0.25) is 0 Å². The predicted octanol–water partition coefficient (Wildman–Crippen LogP) is 9.29. The summed E-state index contributed by atoms with van der Waals surface area (Å²) < 4.78 is 2.57. The molecule has 2 nitrogen and oxygen atoms in total. The fourth-order valence-electron chi connectivity index (χ4n) is 7.16. The summed E-state index contributed by atoms with van der Waals surface area (Å²) >= 11 is 0. The number of nitrogens with zero attached hydrogens (tertiary/aromatic N) is 1. The highest BCUT2D eigenvalue weighted by Crippen LogP contribution is 2.55. The Morgan fingerprint density at radius 2 is 1.39 bits per heavy atom. The third-order valence-corrected chi connectivity index (χ3v) is 9.28. The van der Waals surface area contributed by atoms with Crippen LogP contribution in [0.25, 0.3) is 27.5 Å². The minimum Gasteiger partial charge on any atom is -0.229 e. The summed E-state index contributed by atoms with van der Waals surface area (Å²) in [6.07, 6.45) is 7.05. The minimum atomic E-state index is 0.00619. The highest BCUT2D eigenvalue weighted by Gasteiger charge is 2.46. The zero-order valence-electron chi connectivity index (χ0n) is 23.6. The average Bonchev–Trinajstić information content (AvgIpc) is 3.24. The van der Waals surface area contributed by atoms with Crippen molar-refractivity contribution in [2.24, 2.45) is 0 Å². The quantitative estimate of drug-likeness (QED) is 0.229. The Bertz CT molecular complexity index is 1910. The summed E-state index contributed by atoms with van der Waals surface area (Å²) in [6.45, 7) is 4.84. The van der Waals surface area contributed by atoms with Crippen molar-refractivity contribution in [2.45, 2.75) is 38.3 Å². The van der Waals surface area contributed by atoms with Gasteiger partial charge in [-0.25, -0.2) is 5.32 Å². The number of hydrogen-bond donors (Lipinski definition) is 1. The van der Waals surface area contributed by atoms with Crippen LogP contribution in [0, 0.1) is 0 Å². The molecule has 0 bridgehead atoms. The molecule has 2 aliphatic carbocycles. The van der Waals surface area contributed by atoms with Crippen molar-refractivity contribution in [2.75, 3.05) is 0 Å². The second-order valence-corrected chi connectivity index (χ2v) is 11.9. The van der Waals surface area contributed by atoms with E-state index in [1.807, 2.05) is 0 Å². The fraction of sp³-hybridized carbons (Fsp3) is 0.154. The van der Waals surface area contributed by atoms with Gasteiger partial charge in [-0.1, -0.05) is 129 Å². The number of fused-ring (bicyclic) bond motifs is 3. The lowest BCUT2D eigenvalue weighted by molar-refractivity contribution is -0.530. The smallest absolute Gasteiger partial charge is 0.229 e. The maximum absolute atomic E-state index is 3.88. The molecule has 0 saturated heterocycles. The van der Waals surface area contributed by atoms with Crippen LogP contribution in [-0.4, -0.2) is 10.4 Å². The minimum absolute atomic E-state index is 0.00619. The summed E-state index contributed by atoms with van der Waals surface area (Å²) in [5.41, 5.74) is 12.1. The number of rotatable bonds is 4. The fourth-order valence-corrected chi connectivity index (χ4v) is 7.16. The van der Waals surface area contributed by atoms with Crippen LogP contribution in [0.2, 0.25) is 0 Å². The summed E-state index contributed by atoms with van der Waals surface area (Å²) in [6, 6.07) is 41.9. The molecule has 1 atom stereocenters. The molecule has 0 fully saturated rings. The van der Waals surface area contributed by atoms with Crippen LogP contribution in [0.15, 0.2) is 133 Å². The second-order valence-electron chi connectivity index (χ2n) is 11.9. The van der Waals surface area contributed by atoms with E-state index in [9.17, 15) is 0 Å². The first-order valence-corrected chi connectivity index (χ1v) is 14.7. The number of benzene rings is 5. The Hall–Kier alpha value is -4.69. The highest BCUT2D eigenvalue weighted by molar-refractivity contribution is 6.06. The molecule has 0 amide bonds. The first kappa shape index (κ1) is 24.1. The van der Waals surface area contributed by atoms with Crippen LogP contribution in [0.3, 0.4) is 0 Å². The predicted molar refractivity (Wildman–Crippen MR) is 170 cm³/mol. The highest BCUT2D eigenvalue weighted by atomic mass is 15.4. The summed E-state index contributed by atoms with van der Waals surface area (Å²) in [5, 5.41) is 6.48. The van der Waals surface area contributed by atoms with Gasteiger partial charge < -0.3 is 0 Å². The van der Waals surface area contributed by atoms with Gasteiger partial charge in [0.15, 0.2) is 0 Å². The van der Waals surface area contributed by atoms with Crippen molar-refractivity contribution in [3.8, 4) is 11.1 Å². The van der Waals surface area contributed by atoms with E-state index in [0.29, 0.717) is 0 Å². The van der Waals surface area contributed by atoms with Gasteiger partial charge in [0.1, 0.15) is 5.69 Å². The van der Waals surface area contributed by atoms with Crippen LogP contribution in [0.4, 0.5) is 5.69 Å². The van der Waals surface area contributed by atoms with Crippen molar-refractivity contribution in [1.29, 1.82) is 0 Å². The maximum atomic E-state index is 3.88. The van der Waals surface area contributed by atoms with Crippen molar-refractivity contribution < 1.29 is 4.58 Å². The molecule has 198 valence electrons. The van der Waals surface area contributed by atoms with Crippen LogP contribution in [-0.2, 0) is 5.41 Å². The second kappa shape index (κ2) is 9.17. The lowest BCUT2D eigenvalue weighted by Gasteiger charge is -2.32. The Morgan fingerprint density at radius 1 is 0.732 bits per heavy atom. The number of nitrogens with one attached hydrogen (secondary N) is 1. The Balaban J connectivity index is 1.40. The molecule has 2 heteroatoms. The first-order chi connectivity index (χ1) is 20.1. The molecular weight excluding hydrogens is 496 g/mol. The van der Waals surface area contributed by atoms with Gasteiger partial charge in [0.25, 0.3) is 12.0 Å². The van der Waals surface area contributed by atoms with Crippen LogP contribution >= 0.6 is 0 Å². The molecular formula is C39H33N2+. The molecule has 1 N–H and O–H groups in total. The first-order valence-electron chi connectivity index (χ1n) is 14.7.